The van der Waals surface area contributed by atoms with Gasteiger partial charge < -0.3 is 9.84 Å². The van der Waals surface area contributed by atoms with E-state index in [0.717, 1.165) is 25.5 Å². The van der Waals surface area contributed by atoms with E-state index < -0.39 is 23.1 Å². The summed E-state index contributed by atoms with van der Waals surface area (Å²) in [5.41, 5.74) is -2.48. The zero-order chi connectivity index (χ0) is 21.3. The molecule has 1 atom stereocenters. The molecule has 0 aliphatic rings. The number of halogens is 4. The minimum absolute atomic E-state index is 0.408. The molecule has 0 aliphatic heterocycles. The van der Waals surface area contributed by atoms with Crippen molar-refractivity contribution >= 4 is 36.9 Å². The maximum atomic E-state index is 13.3. The SMILES string of the molecule is C=C(I)c1ccc(C(CC)(CC)OC(=C)C(C)(O)C(F)(F)F)c2ccccc12. The van der Waals surface area contributed by atoms with Crippen LogP contribution in [0.1, 0.15) is 44.7 Å². The third kappa shape index (κ3) is 3.94. The molecule has 0 heterocycles. The topological polar surface area (TPSA) is 29.5 Å². The van der Waals surface area contributed by atoms with Gasteiger partial charge in [0.15, 0.2) is 0 Å². The van der Waals surface area contributed by atoms with Crippen LogP contribution < -0.4 is 0 Å². The molecule has 2 rings (SSSR count). The zero-order valence-electron chi connectivity index (χ0n) is 16.2. The molecule has 0 spiro atoms. The van der Waals surface area contributed by atoms with Crippen LogP contribution in [0.4, 0.5) is 13.2 Å². The van der Waals surface area contributed by atoms with Crippen molar-refractivity contribution in [3.8, 4) is 0 Å². The number of ether oxygens (including phenoxy) is 1. The van der Waals surface area contributed by atoms with Crippen LogP contribution in [0.2, 0.25) is 0 Å². The quantitative estimate of drug-likeness (QED) is 0.322. The molecule has 2 aromatic carbocycles. The second-order valence-electron chi connectivity index (χ2n) is 6.91. The lowest BCUT2D eigenvalue weighted by Gasteiger charge is -2.39. The van der Waals surface area contributed by atoms with Crippen molar-refractivity contribution in [3.05, 3.63) is 66.4 Å². The minimum atomic E-state index is -4.89. The molecule has 0 saturated heterocycles. The first kappa shape index (κ1) is 22.7. The van der Waals surface area contributed by atoms with Gasteiger partial charge in [-0.2, -0.15) is 13.2 Å². The maximum absolute atomic E-state index is 13.3. The van der Waals surface area contributed by atoms with Gasteiger partial charge in [-0.1, -0.05) is 63.4 Å². The van der Waals surface area contributed by atoms with E-state index in [0.29, 0.717) is 19.8 Å². The highest BCUT2D eigenvalue weighted by Gasteiger charge is 2.54. The molecule has 0 amide bonds. The van der Waals surface area contributed by atoms with Gasteiger partial charge in [0.05, 0.1) is 0 Å². The van der Waals surface area contributed by atoms with Crippen molar-refractivity contribution in [2.24, 2.45) is 0 Å². The standard InChI is InChI=1S/C22H24F3IO2/c1-6-21(7-2,28-15(4)20(5,27)22(23,24)25)19-13-12-16(14(3)26)17-10-8-9-11-18(17)19/h8-13,27H,3-4,6-7H2,1-2,5H3. The zero-order valence-corrected chi connectivity index (χ0v) is 18.3. The van der Waals surface area contributed by atoms with Gasteiger partial charge in [-0.3, -0.25) is 0 Å². The van der Waals surface area contributed by atoms with Crippen LogP contribution in [-0.2, 0) is 10.3 Å². The summed E-state index contributed by atoms with van der Waals surface area (Å²) in [6.45, 7) is 11.8. The molecule has 0 radical (unpaired) electrons. The number of hydrogen-bond acceptors (Lipinski definition) is 2. The first-order chi connectivity index (χ1) is 12.9. The molecular formula is C22H24F3IO2. The molecule has 1 unspecified atom stereocenters. The summed E-state index contributed by atoms with van der Waals surface area (Å²) in [6, 6.07) is 11.4. The fourth-order valence-corrected chi connectivity index (χ4v) is 3.73. The van der Waals surface area contributed by atoms with Gasteiger partial charge in [-0.15, -0.1) is 0 Å². The average Bonchev–Trinajstić information content (AvgIpc) is 2.64. The van der Waals surface area contributed by atoms with E-state index in [2.05, 4.69) is 35.7 Å². The number of benzene rings is 2. The highest BCUT2D eigenvalue weighted by atomic mass is 127. The van der Waals surface area contributed by atoms with Crippen molar-refractivity contribution in [3.63, 3.8) is 0 Å². The first-order valence-electron chi connectivity index (χ1n) is 8.95. The van der Waals surface area contributed by atoms with Gasteiger partial charge in [0.2, 0.25) is 5.60 Å². The number of rotatable bonds is 7. The molecule has 1 N–H and O–H groups in total. The van der Waals surface area contributed by atoms with Gasteiger partial charge in [0, 0.05) is 9.14 Å². The first-order valence-corrected chi connectivity index (χ1v) is 10.0. The second-order valence-corrected chi connectivity index (χ2v) is 8.21. The van der Waals surface area contributed by atoms with Crippen LogP contribution in [0.5, 0.6) is 0 Å². The molecule has 2 nitrogen and oxygen atoms in total. The normalized spacial score (nSPS) is 14.6. The molecule has 0 aromatic heterocycles. The summed E-state index contributed by atoms with van der Waals surface area (Å²) in [5, 5.41) is 11.8. The monoisotopic (exact) mass is 504 g/mol. The van der Waals surface area contributed by atoms with Crippen LogP contribution in [0.25, 0.3) is 14.4 Å². The molecular weight excluding hydrogens is 480 g/mol. The molecule has 28 heavy (non-hydrogen) atoms. The Morgan fingerprint density at radius 1 is 1.04 bits per heavy atom. The molecule has 6 heteroatoms. The Bertz CT molecular complexity index is 896. The van der Waals surface area contributed by atoms with E-state index in [9.17, 15) is 18.3 Å². The van der Waals surface area contributed by atoms with Gasteiger partial charge >= 0.3 is 6.18 Å². The van der Waals surface area contributed by atoms with Gasteiger partial charge in [0.1, 0.15) is 11.4 Å². The summed E-state index contributed by atoms with van der Waals surface area (Å²) >= 11 is 2.15. The molecule has 2 aromatic rings. The van der Waals surface area contributed by atoms with Gasteiger partial charge in [0.25, 0.3) is 0 Å². The Labute approximate surface area is 177 Å². The predicted molar refractivity (Wildman–Crippen MR) is 116 cm³/mol. The largest absolute Gasteiger partial charge is 0.484 e. The van der Waals surface area contributed by atoms with Crippen molar-refractivity contribution in [1.29, 1.82) is 0 Å². The molecule has 0 bridgehead atoms. The van der Waals surface area contributed by atoms with Gasteiger partial charge in [-0.25, -0.2) is 0 Å². The highest BCUT2D eigenvalue weighted by Crippen LogP contribution is 2.44. The fraction of sp³-hybridized carbons (Fsp3) is 0.364. The minimum Gasteiger partial charge on any atom is -0.484 e. The number of aliphatic hydroxyl groups is 1. The van der Waals surface area contributed by atoms with Crippen LogP contribution in [-0.4, -0.2) is 16.9 Å². The summed E-state index contributed by atoms with van der Waals surface area (Å²) in [5.74, 6) is -0.713. The van der Waals surface area contributed by atoms with Crippen LogP contribution >= 0.6 is 22.6 Å². The van der Waals surface area contributed by atoms with Crippen LogP contribution in [0, 0.1) is 0 Å². The van der Waals surface area contributed by atoms with E-state index in [-0.39, 0.29) is 0 Å². The smallest absolute Gasteiger partial charge is 0.424 e. The third-order valence-electron chi connectivity index (χ3n) is 5.26. The van der Waals surface area contributed by atoms with E-state index in [1.807, 2.05) is 50.2 Å². The highest BCUT2D eigenvalue weighted by molar-refractivity contribution is 14.1. The Kier molecular flexibility index (Phi) is 6.55. The molecule has 0 saturated carbocycles. The Balaban J connectivity index is 2.66. The van der Waals surface area contributed by atoms with Crippen molar-refractivity contribution < 1.29 is 23.0 Å². The van der Waals surface area contributed by atoms with Crippen molar-refractivity contribution in [2.45, 2.75) is 51.0 Å². The van der Waals surface area contributed by atoms with E-state index in [1.165, 1.54) is 0 Å². The Morgan fingerprint density at radius 2 is 1.57 bits per heavy atom. The van der Waals surface area contributed by atoms with Crippen molar-refractivity contribution in [2.75, 3.05) is 0 Å². The summed E-state index contributed by atoms with van der Waals surface area (Å²) in [7, 11) is 0. The lowest BCUT2D eigenvalue weighted by molar-refractivity contribution is -0.255. The van der Waals surface area contributed by atoms with Crippen molar-refractivity contribution in [1.82, 2.24) is 0 Å². The number of fused-ring (bicyclic) bond motifs is 1. The number of alkyl halides is 3. The lowest BCUT2D eigenvalue weighted by atomic mass is 9.83. The Morgan fingerprint density at radius 3 is 2.04 bits per heavy atom. The summed E-state index contributed by atoms with van der Waals surface area (Å²) in [4.78, 5) is 0. The predicted octanol–water partition coefficient (Wildman–Crippen LogP) is 7.10. The molecule has 0 fully saturated rings. The van der Waals surface area contributed by atoms with E-state index in [4.69, 9.17) is 4.74 Å². The Hall–Kier alpha value is -1.54. The average molecular weight is 504 g/mol. The number of hydrogen-bond donors (Lipinski definition) is 1. The molecule has 152 valence electrons. The van der Waals surface area contributed by atoms with E-state index >= 15 is 0 Å². The van der Waals surface area contributed by atoms with Crippen LogP contribution in [0.3, 0.4) is 0 Å². The fourth-order valence-electron chi connectivity index (χ4n) is 3.26. The third-order valence-corrected chi connectivity index (χ3v) is 5.84. The maximum Gasteiger partial charge on any atom is 0.424 e. The summed E-state index contributed by atoms with van der Waals surface area (Å²) in [6.07, 6.45) is -4.07. The lowest BCUT2D eigenvalue weighted by Crippen LogP contribution is -2.46. The van der Waals surface area contributed by atoms with E-state index in [1.54, 1.807) is 0 Å². The molecule has 0 aliphatic carbocycles. The van der Waals surface area contributed by atoms with Crippen LogP contribution in [0.15, 0.2) is 55.3 Å². The second kappa shape index (κ2) is 8.06. The summed E-state index contributed by atoms with van der Waals surface area (Å²) < 4.78 is 46.5. The van der Waals surface area contributed by atoms with Gasteiger partial charge in [-0.05, 0) is 58.7 Å².